The summed E-state index contributed by atoms with van der Waals surface area (Å²) in [7, 11) is 0. The van der Waals surface area contributed by atoms with Crippen LogP contribution in [-0.4, -0.2) is 0 Å². The second-order valence-electron chi connectivity index (χ2n) is 17.2. The lowest BCUT2D eigenvalue weighted by molar-refractivity contribution is 0.670. The van der Waals surface area contributed by atoms with Crippen molar-refractivity contribution in [2.45, 2.75) is 0 Å². The number of furan rings is 1. The molecule has 0 aliphatic rings. The molecule has 0 unspecified atom stereocenters. The van der Waals surface area contributed by atoms with Gasteiger partial charge in [0, 0.05) is 22.2 Å². The van der Waals surface area contributed by atoms with Crippen LogP contribution < -0.4 is 4.90 Å². The van der Waals surface area contributed by atoms with Gasteiger partial charge in [0.1, 0.15) is 11.2 Å². The molecule has 0 amide bonds. The number of benzene rings is 12. The topological polar surface area (TPSA) is 16.4 Å². The van der Waals surface area contributed by atoms with E-state index in [1.54, 1.807) is 0 Å². The van der Waals surface area contributed by atoms with Gasteiger partial charge in [0.05, 0.1) is 16.8 Å². The molecule has 308 valence electrons. The Kier molecular flexibility index (Phi) is 8.89. The Morgan fingerprint density at radius 2 is 0.773 bits per heavy atom. The van der Waals surface area contributed by atoms with Crippen molar-refractivity contribution in [1.82, 2.24) is 0 Å². The van der Waals surface area contributed by atoms with E-state index in [4.69, 9.17) is 4.42 Å². The second kappa shape index (κ2) is 15.5. The lowest BCUT2D eigenvalue weighted by Gasteiger charge is -2.29. The molecule has 13 aromatic rings. The van der Waals surface area contributed by atoms with Crippen LogP contribution in [0.15, 0.2) is 253 Å². The van der Waals surface area contributed by atoms with E-state index in [-0.39, 0.29) is 0 Å². The van der Waals surface area contributed by atoms with Crippen molar-refractivity contribution in [3.63, 3.8) is 0 Å². The third-order valence-corrected chi connectivity index (χ3v) is 13.5. The zero-order chi connectivity index (χ0) is 43.6. The molecular weight excluding hydrogens is 799 g/mol. The van der Waals surface area contributed by atoms with Gasteiger partial charge in [-0.15, -0.1) is 0 Å². The number of rotatable bonds is 7. The van der Waals surface area contributed by atoms with Gasteiger partial charge < -0.3 is 9.32 Å². The Balaban J connectivity index is 1.04. The van der Waals surface area contributed by atoms with Crippen LogP contribution in [0.3, 0.4) is 0 Å². The lowest BCUT2D eigenvalue weighted by atomic mass is 9.91. The summed E-state index contributed by atoms with van der Waals surface area (Å²) in [4.78, 5) is 2.44. The van der Waals surface area contributed by atoms with E-state index in [1.165, 1.54) is 59.8 Å². The molecule has 2 nitrogen and oxygen atoms in total. The van der Waals surface area contributed by atoms with Crippen molar-refractivity contribution < 1.29 is 4.42 Å². The first-order valence-electron chi connectivity index (χ1n) is 22.7. The highest BCUT2D eigenvalue weighted by Crippen LogP contribution is 2.49. The molecule has 0 radical (unpaired) electrons. The normalized spacial score (nSPS) is 11.6. The van der Waals surface area contributed by atoms with E-state index in [0.717, 1.165) is 66.8 Å². The first-order chi connectivity index (χ1) is 32.7. The highest BCUT2D eigenvalue weighted by molar-refractivity contribution is 6.26. The molecule has 1 aromatic heterocycles. The summed E-state index contributed by atoms with van der Waals surface area (Å²) in [5, 5.41) is 12.1. The van der Waals surface area contributed by atoms with Crippen LogP contribution in [0.5, 0.6) is 0 Å². The van der Waals surface area contributed by atoms with Gasteiger partial charge in [-0.2, -0.15) is 0 Å². The molecule has 12 aromatic carbocycles. The monoisotopic (exact) mass is 839 g/mol. The number of fused-ring (bicyclic) bond motifs is 10. The highest BCUT2D eigenvalue weighted by Gasteiger charge is 2.25. The third kappa shape index (κ3) is 6.18. The van der Waals surface area contributed by atoms with Crippen molar-refractivity contribution in [2.75, 3.05) is 4.90 Å². The van der Waals surface area contributed by atoms with Crippen molar-refractivity contribution in [3.05, 3.63) is 249 Å². The first kappa shape index (κ1) is 37.8. The largest absolute Gasteiger partial charge is 0.455 e. The fourth-order valence-corrected chi connectivity index (χ4v) is 10.4. The fourth-order valence-electron chi connectivity index (χ4n) is 10.4. The molecule has 66 heavy (non-hydrogen) atoms. The first-order valence-corrected chi connectivity index (χ1v) is 22.7. The molecule has 2 heteroatoms. The zero-order valence-electron chi connectivity index (χ0n) is 36.0. The summed E-state index contributed by atoms with van der Waals surface area (Å²) < 4.78 is 6.98. The SMILES string of the molecule is c1ccc(-c2ccc(-c3ccc(N(c4ccccc4-c4ccc5c6ccccc6c6ccccc6c5c4)c4ccc(-c5cccc6ccccc56)c5oc6ccccc6c45)cc3)cc2)cc1. The molecule has 0 saturated carbocycles. The predicted octanol–water partition coefficient (Wildman–Crippen LogP) is 18.3. The molecule has 0 bridgehead atoms. The summed E-state index contributed by atoms with van der Waals surface area (Å²) >= 11 is 0. The average Bonchev–Trinajstić information content (AvgIpc) is 3.79. The second-order valence-corrected chi connectivity index (χ2v) is 17.2. The molecule has 1 heterocycles. The molecular formula is C64H41NO. The van der Waals surface area contributed by atoms with Crippen molar-refractivity contribution in [2.24, 2.45) is 0 Å². The average molecular weight is 840 g/mol. The maximum atomic E-state index is 6.98. The number of hydrogen-bond donors (Lipinski definition) is 0. The molecule has 0 spiro atoms. The van der Waals surface area contributed by atoms with E-state index in [1.807, 2.05) is 0 Å². The standard InChI is InChI=1S/C64H41NO/c1-2-15-42(16-3-1)43-29-31-44(32-30-43)45-33-36-48(37-34-45)65(61-40-39-57(51-26-14-18-46-17-4-5-19-49(46)51)64-63(61)58-25-11-13-28-62(58)66-64)60-27-12-10-20-50(60)47-35-38-56-54-23-7-6-21-52(54)53-22-8-9-24-55(53)59(56)41-47/h1-41H. The Hall–Kier alpha value is -8.72. The Bertz CT molecular complexity index is 3940. The van der Waals surface area contributed by atoms with Gasteiger partial charge in [0.15, 0.2) is 0 Å². The summed E-state index contributed by atoms with van der Waals surface area (Å²) in [6.45, 7) is 0. The summed E-state index contributed by atoms with van der Waals surface area (Å²) in [5.41, 5.74) is 14.1. The Labute approximate surface area is 382 Å². The van der Waals surface area contributed by atoms with E-state index >= 15 is 0 Å². The summed E-state index contributed by atoms with van der Waals surface area (Å²) in [5.74, 6) is 0. The maximum Gasteiger partial charge on any atom is 0.145 e. The minimum Gasteiger partial charge on any atom is -0.455 e. The van der Waals surface area contributed by atoms with Gasteiger partial charge in [-0.1, -0.05) is 206 Å². The van der Waals surface area contributed by atoms with E-state index in [9.17, 15) is 0 Å². The quantitative estimate of drug-likeness (QED) is 0.149. The fraction of sp³-hybridized carbons (Fsp3) is 0. The maximum absolute atomic E-state index is 6.98. The summed E-state index contributed by atoms with van der Waals surface area (Å²) in [6, 6.07) is 90.2. The van der Waals surface area contributed by atoms with Crippen molar-refractivity contribution in [1.29, 1.82) is 0 Å². The predicted molar refractivity (Wildman–Crippen MR) is 280 cm³/mol. The molecule has 0 fully saturated rings. The number of hydrogen-bond acceptors (Lipinski definition) is 2. The van der Waals surface area contributed by atoms with Gasteiger partial charge >= 0.3 is 0 Å². The Morgan fingerprint density at radius 3 is 1.48 bits per heavy atom. The van der Waals surface area contributed by atoms with E-state index < -0.39 is 0 Å². The van der Waals surface area contributed by atoms with Gasteiger partial charge in [-0.25, -0.2) is 0 Å². The van der Waals surface area contributed by atoms with Crippen LogP contribution in [0.25, 0.3) is 110 Å². The van der Waals surface area contributed by atoms with Crippen LogP contribution in [0.2, 0.25) is 0 Å². The molecule has 0 N–H and O–H groups in total. The molecule has 0 atom stereocenters. The van der Waals surface area contributed by atoms with Crippen LogP contribution in [0.1, 0.15) is 0 Å². The Morgan fingerprint density at radius 1 is 0.273 bits per heavy atom. The lowest BCUT2D eigenvalue weighted by Crippen LogP contribution is -2.11. The van der Waals surface area contributed by atoms with E-state index in [0.29, 0.717) is 0 Å². The van der Waals surface area contributed by atoms with Gasteiger partial charge in [0.2, 0.25) is 0 Å². The smallest absolute Gasteiger partial charge is 0.145 e. The molecule has 0 aliphatic heterocycles. The zero-order valence-corrected chi connectivity index (χ0v) is 36.0. The molecule has 13 rings (SSSR count). The minimum atomic E-state index is 0.859. The minimum absolute atomic E-state index is 0.859. The third-order valence-electron chi connectivity index (χ3n) is 13.5. The van der Waals surface area contributed by atoms with Gasteiger partial charge in [-0.3, -0.25) is 0 Å². The number of nitrogens with zero attached hydrogens (tertiary/aromatic N) is 1. The van der Waals surface area contributed by atoms with Crippen LogP contribution in [0, 0.1) is 0 Å². The van der Waals surface area contributed by atoms with Crippen molar-refractivity contribution in [3.8, 4) is 44.5 Å². The molecule has 0 saturated heterocycles. The highest BCUT2D eigenvalue weighted by atomic mass is 16.3. The number of para-hydroxylation sites is 2. The molecule has 0 aliphatic carbocycles. The van der Waals surface area contributed by atoms with Crippen LogP contribution in [0.4, 0.5) is 17.1 Å². The van der Waals surface area contributed by atoms with Crippen molar-refractivity contribution >= 4 is 82.1 Å². The summed E-state index contributed by atoms with van der Waals surface area (Å²) in [6.07, 6.45) is 0. The van der Waals surface area contributed by atoms with Crippen LogP contribution in [-0.2, 0) is 0 Å². The van der Waals surface area contributed by atoms with Gasteiger partial charge in [0.25, 0.3) is 0 Å². The van der Waals surface area contributed by atoms with Gasteiger partial charge in [-0.05, 0) is 119 Å². The van der Waals surface area contributed by atoms with Crippen LogP contribution >= 0.6 is 0 Å². The van der Waals surface area contributed by atoms with E-state index in [2.05, 4.69) is 254 Å². The number of anilines is 3.